The monoisotopic (exact) mass is 363 g/mol. The van der Waals surface area contributed by atoms with Crippen LogP contribution in [0.5, 0.6) is 0 Å². The van der Waals surface area contributed by atoms with E-state index in [4.69, 9.17) is 0 Å². The van der Waals surface area contributed by atoms with Crippen LogP contribution in [0.1, 0.15) is 11.4 Å². The van der Waals surface area contributed by atoms with E-state index in [1.807, 2.05) is 36.4 Å². The molecule has 2 aromatic carbocycles. The number of hydrogen-bond acceptors (Lipinski definition) is 4. The van der Waals surface area contributed by atoms with Gasteiger partial charge in [-0.3, -0.25) is 14.0 Å². The summed E-state index contributed by atoms with van der Waals surface area (Å²) in [4.78, 5) is 17.7. The standard InChI is InChI=1S/C20H18FN5O/c1-25-19-17(12-23-25)20(27)26(16-8-3-2-4-9-16)18(24-19)13-22-11-14-6-5-7-15(21)10-14/h2-10,12,22H,11,13H2,1H3. The number of nitrogens with zero attached hydrogens (tertiary/aromatic N) is 4. The number of rotatable bonds is 5. The maximum atomic E-state index is 13.3. The largest absolute Gasteiger partial charge is 0.306 e. The molecule has 0 amide bonds. The van der Waals surface area contributed by atoms with Gasteiger partial charge < -0.3 is 5.32 Å². The molecule has 0 aliphatic heterocycles. The number of hydrogen-bond donors (Lipinski definition) is 1. The van der Waals surface area contributed by atoms with E-state index in [-0.39, 0.29) is 11.4 Å². The quantitative estimate of drug-likeness (QED) is 0.592. The topological polar surface area (TPSA) is 64.7 Å². The Hall–Kier alpha value is -3.32. The lowest BCUT2D eigenvalue weighted by Crippen LogP contribution is -2.27. The Kier molecular flexibility index (Phi) is 4.52. The average molecular weight is 363 g/mol. The minimum Gasteiger partial charge on any atom is -0.306 e. The smallest absolute Gasteiger partial charge is 0.269 e. The van der Waals surface area contributed by atoms with Crippen LogP contribution >= 0.6 is 0 Å². The molecule has 2 aromatic heterocycles. The van der Waals surface area contributed by atoms with E-state index in [9.17, 15) is 9.18 Å². The second-order valence-corrected chi connectivity index (χ2v) is 6.24. The average Bonchev–Trinajstić information content (AvgIpc) is 3.04. The zero-order valence-electron chi connectivity index (χ0n) is 14.8. The van der Waals surface area contributed by atoms with Gasteiger partial charge in [-0.25, -0.2) is 9.37 Å². The Morgan fingerprint density at radius 1 is 1.07 bits per heavy atom. The highest BCUT2D eigenvalue weighted by Crippen LogP contribution is 2.12. The van der Waals surface area contributed by atoms with Gasteiger partial charge in [0.15, 0.2) is 5.65 Å². The Morgan fingerprint density at radius 3 is 2.67 bits per heavy atom. The minimum absolute atomic E-state index is 0.165. The Labute approximate surface area is 154 Å². The summed E-state index contributed by atoms with van der Waals surface area (Å²) in [5, 5.41) is 7.86. The number of fused-ring (bicyclic) bond motifs is 1. The minimum atomic E-state index is -0.273. The van der Waals surface area contributed by atoms with E-state index in [0.717, 1.165) is 11.3 Å². The third-order valence-corrected chi connectivity index (χ3v) is 4.35. The highest BCUT2D eigenvalue weighted by molar-refractivity contribution is 5.73. The number of aryl methyl sites for hydroxylation is 1. The van der Waals surface area contributed by atoms with Gasteiger partial charge in [0.1, 0.15) is 17.0 Å². The van der Waals surface area contributed by atoms with Gasteiger partial charge in [-0.15, -0.1) is 0 Å². The summed E-state index contributed by atoms with van der Waals surface area (Å²) >= 11 is 0. The van der Waals surface area contributed by atoms with Crippen LogP contribution in [0.3, 0.4) is 0 Å². The lowest BCUT2D eigenvalue weighted by atomic mass is 10.2. The maximum absolute atomic E-state index is 13.3. The number of nitrogens with one attached hydrogen (secondary N) is 1. The van der Waals surface area contributed by atoms with Gasteiger partial charge in [0.2, 0.25) is 0 Å². The molecule has 0 fully saturated rings. The molecule has 0 radical (unpaired) electrons. The lowest BCUT2D eigenvalue weighted by molar-refractivity contribution is 0.613. The third kappa shape index (κ3) is 3.37. The van der Waals surface area contributed by atoms with Gasteiger partial charge in [-0.05, 0) is 29.8 Å². The molecule has 0 aliphatic carbocycles. The van der Waals surface area contributed by atoms with E-state index in [1.165, 1.54) is 18.3 Å². The molecule has 1 N–H and O–H groups in total. The number of para-hydroxylation sites is 1. The number of benzene rings is 2. The fourth-order valence-electron chi connectivity index (χ4n) is 3.05. The van der Waals surface area contributed by atoms with Crippen molar-refractivity contribution >= 4 is 11.0 Å². The first kappa shape index (κ1) is 17.1. The Bertz CT molecular complexity index is 1150. The van der Waals surface area contributed by atoms with Gasteiger partial charge in [0.05, 0.1) is 18.4 Å². The molecule has 27 heavy (non-hydrogen) atoms. The lowest BCUT2D eigenvalue weighted by Gasteiger charge is -2.13. The van der Waals surface area contributed by atoms with Crippen LogP contribution in [0.15, 0.2) is 65.6 Å². The van der Waals surface area contributed by atoms with Crippen LogP contribution in [-0.2, 0) is 20.1 Å². The normalized spacial score (nSPS) is 11.2. The molecular weight excluding hydrogens is 345 g/mol. The number of halogens is 1. The van der Waals surface area contributed by atoms with Crippen molar-refractivity contribution in [1.29, 1.82) is 0 Å². The van der Waals surface area contributed by atoms with Gasteiger partial charge >= 0.3 is 0 Å². The van der Waals surface area contributed by atoms with Crippen molar-refractivity contribution in [1.82, 2.24) is 24.6 Å². The first-order valence-electron chi connectivity index (χ1n) is 8.58. The molecule has 2 heterocycles. The second kappa shape index (κ2) is 7.13. The fraction of sp³-hybridized carbons (Fsp3) is 0.150. The highest BCUT2D eigenvalue weighted by Gasteiger charge is 2.15. The Morgan fingerprint density at radius 2 is 1.89 bits per heavy atom. The van der Waals surface area contributed by atoms with Crippen molar-refractivity contribution < 1.29 is 4.39 Å². The molecule has 0 saturated heterocycles. The van der Waals surface area contributed by atoms with Gasteiger partial charge in [-0.2, -0.15) is 5.10 Å². The highest BCUT2D eigenvalue weighted by atomic mass is 19.1. The molecular formula is C20H18FN5O. The van der Waals surface area contributed by atoms with Crippen molar-refractivity contribution in [2.45, 2.75) is 13.1 Å². The molecule has 4 rings (SSSR count). The van der Waals surface area contributed by atoms with E-state index in [0.29, 0.717) is 29.9 Å². The molecule has 0 spiro atoms. The molecule has 7 heteroatoms. The molecule has 0 aliphatic rings. The van der Waals surface area contributed by atoms with E-state index in [2.05, 4.69) is 15.4 Å². The maximum Gasteiger partial charge on any atom is 0.269 e. The van der Waals surface area contributed by atoms with Crippen LogP contribution in [0, 0.1) is 5.82 Å². The van der Waals surface area contributed by atoms with Crippen molar-refractivity contribution in [3.8, 4) is 5.69 Å². The number of aromatic nitrogens is 4. The summed E-state index contributed by atoms with van der Waals surface area (Å²) in [6, 6.07) is 15.8. The zero-order chi connectivity index (χ0) is 18.8. The summed E-state index contributed by atoms with van der Waals surface area (Å²) < 4.78 is 16.5. The van der Waals surface area contributed by atoms with Crippen molar-refractivity contribution in [3.63, 3.8) is 0 Å². The van der Waals surface area contributed by atoms with Gasteiger partial charge in [-0.1, -0.05) is 30.3 Å². The first-order chi connectivity index (χ1) is 13.1. The first-order valence-corrected chi connectivity index (χ1v) is 8.58. The molecule has 0 saturated carbocycles. The Balaban J connectivity index is 1.72. The van der Waals surface area contributed by atoms with Crippen LogP contribution in [0.25, 0.3) is 16.7 Å². The molecule has 0 unspecified atom stereocenters. The molecule has 6 nitrogen and oxygen atoms in total. The summed E-state index contributed by atoms with van der Waals surface area (Å²) in [6.07, 6.45) is 1.54. The van der Waals surface area contributed by atoms with E-state index in [1.54, 1.807) is 22.4 Å². The van der Waals surface area contributed by atoms with Crippen LogP contribution in [0.4, 0.5) is 4.39 Å². The predicted molar refractivity (Wildman–Crippen MR) is 101 cm³/mol. The fourth-order valence-corrected chi connectivity index (χ4v) is 3.05. The molecule has 136 valence electrons. The van der Waals surface area contributed by atoms with Crippen LogP contribution in [-0.4, -0.2) is 19.3 Å². The van der Waals surface area contributed by atoms with Gasteiger partial charge in [0.25, 0.3) is 5.56 Å². The van der Waals surface area contributed by atoms with Crippen molar-refractivity contribution in [2.24, 2.45) is 7.05 Å². The second-order valence-electron chi connectivity index (χ2n) is 6.24. The molecule has 0 bridgehead atoms. The SMILES string of the molecule is Cn1ncc2c(=O)n(-c3ccccc3)c(CNCc3cccc(F)c3)nc21. The summed E-state index contributed by atoms with van der Waals surface area (Å²) in [5.41, 5.74) is 1.94. The van der Waals surface area contributed by atoms with E-state index >= 15 is 0 Å². The molecule has 4 aromatic rings. The summed E-state index contributed by atoms with van der Waals surface area (Å²) in [6.45, 7) is 0.813. The summed E-state index contributed by atoms with van der Waals surface area (Å²) in [7, 11) is 1.76. The zero-order valence-corrected chi connectivity index (χ0v) is 14.8. The predicted octanol–water partition coefficient (Wildman–Crippen LogP) is 2.55. The van der Waals surface area contributed by atoms with Gasteiger partial charge in [0, 0.05) is 13.6 Å². The van der Waals surface area contributed by atoms with Crippen molar-refractivity contribution in [2.75, 3.05) is 0 Å². The third-order valence-electron chi connectivity index (χ3n) is 4.35. The van der Waals surface area contributed by atoms with Crippen LogP contribution < -0.4 is 10.9 Å². The van der Waals surface area contributed by atoms with E-state index < -0.39 is 0 Å². The van der Waals surface area contributed by atoms with Crippen LogP contribution in [0.2, 0.25) is 0 Å². The summed E-state index contributed by atoms with van der Waals surface area (Å²) in [5.74, 6) is 0.295. The van der Waals surface area contributed by atoms with Crippen molar-refractivity contribution in [3.05, 3.63) is 88.4 Å². The molecule has 0 atom stereocenters.